The van der Waals surface area contributed by atoms with Crippen LogP contribution in [0, 0.1) is 0 Å². The molecule has 0 saturated carbocycles. The smallest absolute Gasteiger partial charge is 0.170 e. The Labute approximate surface area is 144 Å². The summed E-state index contributed by atoms with van der Waals surface area (Å²) in [6.45, 7) is 11.7. The zero-order valence-electron chi connectivity index (χ0n) is 14.7. The second-order valence-electron chi connectivity index (χ2n) is 7.03. The van der Waals surface area contributed by atoms with E-state index in [2.05, 4.69) is 99.7 Å². The highest BCUT2D eigenvalue weighted by Crippen LogP contribution is 2.59. The fraction of sp³-hybridized carbons (Fsp3) is 0.263. The van der Waals surface area contributed by atoms with E-state index in [1.807, 2.05) is 0 Å². The molecule has 122 valence electrons. The van der Waals surface area contributed by atoms with Gasteiger partial charge in [0.1, 0.15) is 0 Å². The van der Waals surface area contributed by atoms with E-state index in [0.29, 0.717) is 0 Å². The highest BCUT2D eigenvalue weighted by molar-refractivity contribution is 7.82. The Kier molecular flexibility index (Phi) is 6.20. The van der Waals surface area contributed by atoms with E-state index in [1.54, 1.807) is 0 Å². The third-order valence-electron chi connectivity index (χ3n) is 3.21. The maximum atomic E-state index is 5.31. The SMILES string of the molecule is C[Si](C)(C)N=P(C)(C)/C(=C\c1ccccc1)[P-]c1ccccc1. The summed E-state index contributed by atoms with van der Waals surface area (Å²) in [4.78, 5) is 0. The Morgan fingerprint density at radius 3 is 1.96 bits per heavy atom. The van der Waals surface area contributed by atoms with Gasteiger partial charge in [0.25, 0.3) is 0 Å². The monoisotopic (exact) mass is 358 g/mol. The largest absolute Gasteiger partial charge is 0.470 e. The first-order chi connectivity index (χ1) is 10.8. The van der Waals surface area contributed by atoms with Crippen LogP contribution in [0.4, 0.5) is 0 Å². The number of rotatable bonds is 5. The van der Waals surface area contributed by atoms with Gasteiger partial charge in [0.2, 0.25) is 0 Å². The van der Waals surface area contributed by atoms with Crippen LogP contribution in [0.15, 0.2) is 70.1 Å². The van der Waals surface area contributed by atoms with E-state index in [-0.39, 0.29) is 0 Å². The van der Waals surface area contributed by atoms with Crippen molar-refractivity contribution in [2.45, 2.75) is 19.6 Å². The average molecular weight is 358 g/mol. The van der Waals surface area contributed by atoms with Crippen LogP contribution in [-0.2, 0) is 0 Å². The van der Waals surface area contributed by atoms with Gasteiger partial charge in [0.15, 0.2) is 8.24 Å². The van der Waals surface area contributed by atoms with Crippen molar-refractivity contribution < 1.29 is 0 Å². The van der Waals surface area contributed by atoms with Gasteiger partial charge in [-0.05, 0) is 25.9 Å². The minimum absolute atomic E-state index is 1.27. The van der Waals surface area contributed by atoms with Gasteiger partial charge < -0.3 is 13.0 Å². The summed E-state index contributed by atoms with van der Waals surface area (Å²) in [5.74, 6) is 0. The molecule has 0 radical (unpaired) electrons. The third kappa shape index (κ3) is 6.22. The van der Waals surface area contributed by atoms with Gasteiger partial charge >= 0.3 is 0 Å². The van der Waals surface area contributed by atoms with Gasteiger partial charge in [-0.3, -0.25) is 0 Å². The summed E-state index contributed by atoms with van der Waals surface area (Å²) in [6.07, 6.45) is 2.35. The molecule has 0 saturated heterocycles. The molecule has 23 heavy (non-hydrogen) atoms. The summed E-state index contributed by atoms with van der Waals surface area (Å²) < 4.78 is 5.31. The Hall–Kier alpha value is -0.943. The maximum Gasteiger partial charge on any atom is 0.170 e. The van der Waals surface area contributed by atoms with Crippen molar-refractivity contribution in [1.29, 1.82) is 0 Å². The van der Waals surface area contributed by atoms with E-state index in [4.69, 9.17) is 4.41 Å². The minimum Gasteiger partial charge on any atom is -0.470 e. The van der Waals surface area contributed by atoms with Crippen LogP contribution in [0.2, 0.25) is 19.6 Å². The van der Waals surface area contributed by atoms with Crippen LogP contribution in [0.25, 0.3) is 6.08 Å². The van der Waals surface area contributed by atoms with E-state index in [0.717, 1.165) is 0 Å². The lowest BCUT2D eigenvalue weighted by atomic mass is 10.2. The standard InChI is InChI=1S/C19H26NP2Si/c1-22(2,20-23(3,4)5)19(16-17-12-8-6-9-13-17)21-18-14-10-7-11-15-18/h6-16H,1-5H3/q-1/b19-16-. The van der Waals surface area contributed by atoms with Crippen molar-refractivity contribution in [3.63, 3.8) is 0 Å². The summed E-state index contributed by atoms with van der Waals surface area (Å²) in [5.41, 5.74) is 1.27. The topological polar surface area (TPSA) is 12.4 Å². The van der Waals surface area contributed by atoms with Gasteiger partial charge in [-0.2, -0.15) is 10.4 Å². The van der Waals surface area contributed by atoms with E-state index < -0.39 is 15.3 Å². The number of benzene rings is 2. The van der Waals surface area contributed by atoms with Crippen LogP contribution >= 0.6 is 15.6 Å². The zero-order chi connectivity index (χ0) is 16.9. The van der Waals surface area contributed by atoms with Crippen molar-refractivity contribution >= 4 is 35.3 Å². The van der Waals surface area contributed by atoms with E-state index in [9.17, 15) is 0 Å². The minimum atomic E-state index is -1.47. The Balaban J connectivity index is 2.48. The summed E-state index contributed by atoms with van der Waals surface area (Å²) in [6, 6.07) is 21.3. The predicted octanol–water partition coefficient (Wildman–Crippen LogP) is 6.55. The van der Waals surface area contributed by atoms with Crippen molar-refractivity contribution in [2.24, 2.45) is 4.41 Å². The molecule has 0 spiro atoms. The highest BCUT2D eigenvalue weighted by atomic mass is 31.2. The molecule has 0 aliphatic heterocycles. The molecule has 0 amide bonds. The molecular weight excluding hydrogens is 332 g/mol. The lowest BCUT2D eigenvalue weighted by Gasteiger charge is -2.34. The first kappa shape index (κ1) is 18.4. The van der Waals surface area contributed by atoms with Gasteiger partial charge in [0.05, 0.1) is 0 Å². The lowest BCUT2D eigenvalue weighted by molar-refractivity contribution is 1.58. The molecule has 0 aliphatic carbocycles. The number of hydrogen-bond acceptors (Lipinski definition) is 1. The van der Waals surface area contributed by atoms with Crippen LogP contribution < -0.4 is 5.30 Å². The molecule has 0 aliphatic rings. The molecule has 0 fully saturated rings. The third-order valence-corrected chi connectivity index (χ3v) is 11.5. The van der Waals surface area contributed by atoms with E-state index in [1.165, 1.54) is 24.5 Å². The lowest BCUT2D eigenvalue weighted by Crippen LogP contribution is -2.15. The van der Waals surface area contributed by atoms with Gasteiger partial charge in [-0.25, -0.2) is 0 Å². The van der Waals surface area contributed by atoms with Crippen molar-refractivity contribution in [1.82, 2.24) is 0 Å². The summed E-state index contributed by atoms with van der Waals surface area (Å²) in [7, 11) is -1.65. The maximum absolute atomic E-state index is 5.31. The van der Waals surface area contributed by atoms with Crippen LogP contribution in [0.5, 0.6) is 0 Å². The molecule has 0 heterocycles. The van der Waals surface area contributed by atoms with E-state index >= 15 is 0 Å². The Morgan fingerprint density at radius 1 is 0.913 bits per heavy atom. The molecule has 0 unspecified atom stereocenters. The van der Waals surface area contributed by atoms with Crippen molar-refractivity contribution in [3.05, 3.63) is 71.3 Å². The summed E-state index contributed by atoms with van der Waals surface area (Å²) >= 11 is 0. The van der Waals surface area contributed by atoms with Gasteiger partial charge in [0, 0.05) is 0 Å². The highest BCUT2D eigenvalue weighted by Gasteiger charge is 2.15. The van der Waals surface area contributed by atoms with Gasteiger partial charge in [-0.1, -0.05) is 86.4 Å². The second kappa shape index (κ2) is 7.75. The fourth-order valence-electron chi connectivity index (χ4n) is 2.45. The molecule has 0 N–H and O–H groups in total. The molecule has 4 heteroatoms. The average Bonchev–Trinajstić information content (AvgIpc) is 2.46. The zero-order valence-corrected chi connectivity index (χ0v) is 17.5. The number of nitrogens with zero attached hydrogens (tertiary/aromatic N) is 1. The molecule has 0 atom stereocenters. The van der Waals surface area contributed by atoms with Gasteiger partial charge in [-0.15, -0.1) is 0 Å². The molecule has 2 aromatic rings. The predicted molar refractivity (Wildman–Crippen MR) is 112 cm³/mol. The van der Waals surface area contributed by atoms with Crippen LogP contribution in [-0.4, -0.2) is 21.6 Å². The molecule has 0 bridgehead atoms. The molecule has 0 aromatic heterocycles. The fourth-order valence-corrected chi connectivity index (χ4v) is 11.8. The van der Waals surface area contributed by atoms with Crippen molar-refractivity contribution in [2.75, 3.05) is 13.3 Å². The molecule has 2 rings (SSSR count). The molecule has 2 aromatic carbocycles. The summed E-state index contributed by atoms with van der Waals surface area (Å²) in [5, 5.41) is 2.80. The molecular formula is C19H26NP2Si-. The van der Waals surface area contributed by atoms with Crippen molar-refractivity contribution in [3.8, 4) is 0 Å². The van der Waals surface area contributed by atoms with Crippen LogP contribution in [0.1, 0.15) is 5.56 Å². The first-order valence-electron chi connectivity index (χ1n) is 7.89. The number of hydrogen-bond donors (Lipinski definition) is 0. The van der Waals surface area contributed by atoms with Crippen LogP contribution in [0.3, 0.4) is 0 Å². The first-order valence-corrected chi connectivity index (χ1v) is 14.9. The second-order valence-corrected chi connectivity index (χ2v) is 17.0. The normalized spacial score (nSPS) is 13.5. The Bertz CT molecular complexity index is 710. The molecule has 1 nitrogen and oxygen atoms in total. The quantitative estimate of drug-likeness (QED) is 0.424. The Morgan fingerprint density at radius 2 is 1.43 bits per heavy atom.